The number of piperazine rings is 1. The van der Waals surface area contributed by atoms with Gasteiger partial charge in [0, 0.05) is 44.3 Å². The summed E-state index contributed by atoms with van der Waals surface area (Å²) in [6, 6.07) is -1.01. The van der Waals surface area contributed by atoms with Crippen LogP contribution >= 0.6 is 11.5 Å². The van der Waals surface area contributed by atoms with E-state index in [0.717, 1.165) is 5.13 Å². The Hall–Kier alpha value is -1.91. The van der Waals surface area contributed by atoms with Crippen LogP contribution in [0.1, 0.15) is 18.7 Å². The summed E-state index contributed by atoms with van der Waals surface area (Å²) in [7, 11) is 0. The van der Waals surface area contributed by atoms with E-state index in [0.29, 0.717) is 43.3 Å². The minimum Gasteiger partial charge on any atom is -0.343 e. The molecule has 0 aromatic carbocycles. The van der Waals surface area contributed by atoms with Crippen LogP contribution in [0, 0.1) is 6.92 Å². The van der Waals surface area contributed by atoms with Gasteiger partial charge in [-0.2, -0.15) is 17.5 Å². The fourth-order valence-electron chi connectivity index (χ4n) is 3.17. The maximum Gasteiger partial charge on any atom is 0.471 e. The number of nitrogens with zero attached hydrogens (tertiary/aromatic N) is 5. The maximum atomic E-state index is 12.7. The van der Waals surface area contributed by atoms with E-state index in [4.69, 9.17) is 0 Å². The number of alkyl halides is 3. The third-order valence-corrected chi connectivity index (χ3v) is 5.29. The number of hydrogen-bond donors (Lipinski definition) is 0. The zero-order valence-electron chi connectivity index (χ0n) is 13.6. The van der Waals surface area contributed by atoms with Crippen molar-refractivity contribution in [1.82, 2.24) is 19.2 Å². The predicted octanol–water partition coefficient (Wildman–Crippen LogP) is 1.05. The summed E-state index contributed by atoms with van der Waals surface area (Å²) in [4.78, 5) is 32.6. The van der Waals surface area contributed by atoms with Gasteiger partial charge < -0.3 is 14.7 Å². The molecule has 1 aromatic rings. The highest BCUT2D eigenvalue weighted by Gasteiger charge is 2.48. The minimum absolute atomic E-state index is 0.0290. The normalized spacial score (nSPS) is 21.8. The summed E-state index contributed by atoms with van der Waals surface area (Å²) in [5, 5.41) is 0.777. The topological polar surface area (TPSA) is 69.6 Å². The van der Waals surface area contributed by atoms with Gasteiger partial charge in [-0.25, -0.2) is 4.98 Å². The Morgan fingerprint density at radius 1 is 1.16 bits per heavy atom. The number of carbonyl (C=O) groups is 2. The van der Waals surface area contributed by atoms with Gasteiger partial charge in [0.05, 0.1) is 0 Å². The molecular formula is C14H18F3N5O2S. The standard InChI is InChI=1S/C14H18F3N5O2S/c1-9-18-13(25-19-9)21-7-5-20(6-8-21)11(23)10-3-2-4-22(10)12(24)14(15,16)17/h10H,2-8H2,1H3/t10-/m1/s1. The van der Waals surface area contributed by atoms with Crippen molar-refractivity contribution in [3.05, 3.63) is 5.82 Å². The lowest BCUT2D eigenvalue weighted by atomic mass is 10.1. The second kappa shape index (κ2) is 6.77. The van der Waals surface area contributed by atoms with Crippen molar-refractivity contribution in [3.63, 3.8) is 0 Å². The fourth-order valence-corrected chi connectivity index (χ4v) is 3.90. The summed E-state index contributed by atoms with van der Waals surface area (Å²) in [5.74, 6) is -1.64. The van der Waals surface area contributed by atoms with E-state index < -0.39 is 24.0 Å². The summed E-state index contributed by atoms with van der Waals surface area (Å²) in [5.41, 5.74) is 0. The lowest BCUT2D eigenvalue weighted by molar-refractivity contribution is -0.187. The second-order valence-corrected chi connectivity index (χ2v) is 6.82. The Kier molecular flexibility index (Phi) is 4.85. The van der Waals surface area contributed by atoms with Crippen LogP contribution < -0.4 is 4.90 Å². The molecule has 3 heterocycles. The van der Waals surface area contributed by atoms with E-state index in [9.17, 15) is 22.8 Å². The van der Waals surface area contributed by atoms with Gasteiger partial charge in [0.15, 0.2) is 0 Å². The average Bonchev–Trinajstić information content (AvgIpc) is 3.21. The molecule has 11 heteroatoms. The number of amides is 2. The minimum atomic E-state index is -4.95. The molecule has 2 aliphatic rings. The highest BCUT2D eigenvalue weighted by molar-refractivity contribution is 7.09. The van der Waals surface area contributed by atoms with Gasteiger partial charge in [-0.05, 0) is 19.8 Å². The smallest absolute Gasteiger partial charge is 0.343 e. The summed E-state index contributed by atoms with van der Waals surface area (Å²) in [6.45, 7) is 3.63. The molecule has 0 radical (unpaired) electrons. The number of anilines is 1. The monoisotopic (exact) mass is 377 g/mol. The Labute approximate surface area is 146 Å². The zero-order chi connectivity index (χ0) is 18.2. The highest BCUT2D eigenvalue weighted by atomic mass is 32.1. The van der Waals surface area contributed by atoms with Crippen molar-refractivity contribution in [3.8, 4) is 0 Å². The van der Waals surface area contributed by atoms with Crippen molar-refractivity contribution >= 4 is 28.5 Å². The third-order valence-electron chi connectivity index (χ3n) is 4.42. The first-order valence-corrected chi connectivity index (χ1v) is 8.76. The van der Waals surface area contributed by atoms with Gasteiger partial charge in [0.1, 0.15) is 11.9 Å². The lowest BCUT2D eigenvalue weighted by Crippen LogP contribution is -2.55. The molecule has 2 saturated heterocycles. The van der Waals surface area contributed by atoms with E-state index in [2.05, 4.69) is 9.36 Å². The van der Waals surface area contributed by atoms with Crippen LogP contribution in [0.2, 0.25) is 0 Å². The van der Waals surface area contributed by atoms with Crippen molar-refractivity contribution in [1.29, 1.82) is 0 Å². The molecule has 0 aliphatic carbocycles. The molecule has 2 fully saturated rings. The van der Waals surface area contributed by atoms with Gasteiger partial charge >= 0.3 is 12.1 Å². The molecule has 2 aliphatic heterocycles. The van der Waals surface area contributed by atoms with E-state index in [-0.39, 0.29) is 13.0 Å². The van der Waals surface area contributed by atoms with Crippen molar-refractivity contribution in [2.24, 2.45) is 0 Å². The quantitative estimate of drug-likeness (QED) is 0.771. The number of hydrogen-bond acceptors (Lipinski definition) is 6. The van der Waals surface area contributed by atoms with Gasteiger partial charge in [0.2, 0.25) is 11.0 Å². The average molecular weight is 377 g/mol. The Morgan fingerprint density at radius 3 is 2.40 bits per heavy atom. The molecule has 138 valence electrons. The lowest BCUT2D eigenvalue weighted by Gasteiger charge is -2.37. The summed E-state index contributed by atoms with van der Waals surface area (Å²) in [6.07, 6.45) is -4.27. The zero-order valence-corrected chi connectivity index (χ0v) is 14.4. The van der Waals surface area contributed by atoms with E-state index in [1.54, 1.807) is 6.92 Å². The molecule has 3 rings (SSSR count). The first-order valence-electron chi connectivity index (χ1n) is 7.99. The van der Waals surface area contributed by atoms with Crippen LogP contribution in [0.4, 0.5) is 18.3 Å². The molecule has 0 bridgehead atoms. The highest BCUT2D eigenvalue weighted by Crippen LogP contribution is 2.27. The van der Waals surface area contributed by atoms with Crippen LogP contribution in [0.15, 0.2) is 0 Å². The molecule has 7 nitrogen and oxygen atoms in total. The van der Waals surface area contributed by atoms with Crippen LogP contribution in [0.25, 0.3) is 0 Å². The first-order chi connectivity index (χ1) is 11.8. The molecule has 0 N–H and O–H groups in total. The summed E-state index contributed by atoms with van der Waals surface area (Å²) >= 11 is 1.28. The molecular weight excluding hydrogens is 359 g/mol. The van der Waals surface area contributed by atoms with Crippen LogP contribution in [-0.2, 0) is 9.59 Å². The number of carbonyl (C=O) groups excluding carboxylic acids is 2. The molecule has 0 unspecified atom stereocenters. The maximum absolute atomic E-state index is 12.7. The first kappa shape index (κ1) is 17.9. The SMILES string of the molecule is Cc1nsc(N2CCN(C(=O)[C@H]3CCCN3C(=O)C(F)(F)F)CC2)n1. The number of rotatable bonds is 2. The largest absolute Gasteiger partial charge is 0.471 e. The number of aryl methyl sites for hydroxylation is 1. The molecule has 2 amide bonds. The van der Waals surface area contributed by atoms with Gasteiger partial charge in [-0.1, -0.05) is 0 Å². The van der Waals surface area contributed by atoms with Crippen molar-refractivity contribution < 1.29 is 22.8 Å². The summed E-state index contributed by atoms with van der Waals surface area (Å²) < 4.78 is 42.2. The molecule has 0 spiro atoms. The number of likely N-dealkylation sites (tertiary alicyclic amines) is 1. The van der Waals surface area contributed by atoms with Gasteiger partial charge in [-0.15, -0.1) is 0 Å². The van der Waals surface area contributed by atoms with E-state index in [1.165, 1.54) is 16.4 Å². The predicted molar refractivity (Wildman–Crippen MR) is 84.2 cm³/mol. The number of aromatic nitrogens is 2. The Bertz CT molecular complexity index is 657. The van der Waals surface area contributed by atoms with E-state index >= 15 is 0 Å². The molecule has 1 atom stereocenters. The Balaban J connectivity index is 1.61. The van der Waals surface area contributed by atoms with Crippen LogP contribution in [0.5, 0.6) is 0 Å². The second-order valence-electron chi connectivity index (χ2n) is 6.09. The molecule has 0 saturated carbocycles. The van der Waals surface area contributed by atoms with Crippen LogP contribution in [-0.4, -0.2) is 75.9 Å². The van der Waals surface area contributed by atoms with Gasteiger partial charge in [0.25, 0.3) is 0 Å². The van der Waals surface area contributed by atoms with Crippen molar-refractivity contribution in [2.75, 3.05) is 37.6 Å². The third kappa shape index (κ3) is 3.70. The van der Waals surface area contributed by atoms with Crippen molar-refractivity contribution in [2.45, 2.75) is 32.0 Å². The Morgan fingerprint density at radius 2 is 1.84 bits per heavy atom. The van der Waals surface area contributed by atoms with Gasteiger partial charge in [-0.3, -0.25) is 9.59 Å². The molecule has 1 aromatic heterocycles. The van der Waals surface area contributed by atoms with Crippen LogP contribution in [0.3, 0.4) is 0 Å². The van der Waals surface area contributed by atoms with E-state index in [1.807, 2.05) is 4.90 Å². The molecule has 25 heavy (non-hydrogen) atoms. The number of halogens is 3. The fraction of sp³-hybridized carbons (Fsp3) is 0.714.